The molecule has 0 aliphatic rings. The maximum absolute atomic E-state index is 12.1. The number of aromatic nitrogens is 2. The molecule has 1 aromatic heterocycles. The van der Waals surface area contributed by atoms with E-state index in [0.717, 1.165) is 17.0 Å². The molecule has 0 amide bonds. The number of hydrogen-bond donors (Lipinski definition) is 0. The Labute approximate surface area is 113 Å². The summed E-state index contributed by atoms with van der Waals surface area (Å²) in [5.74, 6) is 0. The number of ether oxygens (including phenoxy) is 1. The van der Waals surface area contributed by atoms with Gasteiger partial charge in [0.1, 0.15) is 5.60 Å². The van der Waals surface area contributed by atoms with Crippen LogP contribution in [0.3, 0.4) is 0 Å². The molecule has 0 spiro atoms. The Bertz CT molecular complexity index is 580. The van der Waals surface area contributed by atoms with Gasteiger partial charge in [-0.05, 0) is 33.8 Å². The van der Waals surface area contributed by atoms with Crippen LogP contribution in [0.25, 0.3) is 11.3 Å². The SMILES string of the molecule is Cc1cc(-c2ccccc2)n(C(=O)OC(C)(C)C)n1. The summed E-state index contributed by atoms with van der Waals surface area (Å²) in [6, 6.07) is 11.5. The molecular formula is C15H18N2O2. The van der Waals surface area contributed by atoms with Crippen molar-refractivity contribution in [2.24, 2.45) is 0 Å². The first-order chi connectivity index (χ1) is 8.87. The number of nitrogens with zero attached hydrogens (tertiary/aromatic N) is 2. The van der Waals surface area contributed by atoms with Crippen LogP contribution in [0.1, 0.15) is 26.5 Å². The molecule has 1 aromatic carbocycles. The fourth-order valence-corrected chi connectivity index (χ4v) is 1.76. The highest BCUT2D eigenvalue weighted by Crippen LogP contribution is 2.21. The first-order valence-corrected chi connectivity index (χ1v) is 6.22. The summed E-state index contributed by atoms with van der Waals surface area (Å²) in [6.07, 6.45) is -0.459. The second kappa shape index (κ2) is 4.88. The fraction of sp³-hybridized carbons (Fsp3) is 0.333. The van der Waals surface area contributed by atoms with Crippen LogP contribution < -0.4 is 0 Å². The van der Waals surface area contributed by atoms with Gasteiger partial charge in [-0.3, -0.25) is 0 Å². The molecule has 0 N–H and O–H groups in total. The molecule has 0 unspecified atom stereocenters. The normalized spacial score (nSPS) is 11.4. The van der Waals surface area contributed by atoms with Gasteiger partial charge in [0.25, 0.3) is 0 Å². The van der Waals surface area contributed by atoms with Gasteiger partial charge in [0.2, 0.25) is 0 Å². The largest absolute Gasteiger partial charge is 0.442 e. The van der Waals surface area contributed by atoms with Gasteiger partial charge in [0.05, 0.1) is 11.4 Å². The predicted molar refractivity (Wildman–Crippen MR) is 74.0 cm³/mol. The Morgan fingerprint density at radius 3 is 2.42 bits per heavy atom. The minimum atomic E-state index is -0.537. The summed E-state index contributed by atoms with van der Waals surface area (Å²) < 4.78 is 6.68. The van der Waals surface area contributed by atoms with Crippen LogP contribution in [0.2, 0.25) is 0 Å². The van der Waals surface area contributed by atoms with Crippen LogP contribution >= 0.6 is 0 Å². The topological polar surface area (TPSA) is 44.1 Å². The Hall–Kier alpha value is -2.10. The predicted octanol–water partition coefficient (Wildman–Crippen LogP) is 3.64. The van der Waals surface area contributed by atoms with E-state index >= 15 is 0 Å². The number of rotatable bonds is 1. The second-order valence-electron chi connectivity index (χ2n) is 5.43. The number of carbonyl (C=O) groups excluding carboxylic acids is 1. The number of hydrogen-bond acceptors (Lipinski definition) is 3. The molecule has 0 bridgehead atoms. The Morgan fingerprint density at radius 1 is 1.21 bits per heavy atom. The van der Waals surface area contributed by atoms with Crippen LogP contribution in [0, 0.1) is 6.92 Å². The van der Waals surface area contributed by atoms with Crippen molar-refractivity contribution in [1.82, 2.24) is 9.78 Å². The summed E-state index contributed by atoms with van der Waals surface area (Å²) in [4.78, 5) is 12.1. The van der Waals surface area contributed by atoms with Gasteiger partial charge in [-0.2, -0.15) is 9.78 Å². The summed E-state index contributed by atoms with van der Waals surface area (Å²) >= 11 is 0. The highest BCUT2D eigenvalue weighted by molar-refractivity contribution is 5.77. The molecule has 100 valence electrons. The van der Waals surface area contributed by atoms with E-state index in [9.17, 15) is 4.79 Å². The molecule has 2 rings (SSSR count). The zero-order valence-corrected chi connectivity index (χ0v) is 11.7. The van der Waals surface area contributed by atoms with E-state index in [1.807, 2.05) is 64.1 Å². The third-order valence-electron chi connectivity index (χ3n) is 2.47. The van der Waals surface area contributed by atoms with Gasteiger partial charge >= 0.3 is 6.09 Å². The first kappa shape index (κ1) is 13.3. The lowest BCUT2D eigenvalue weighted by Gasteiger charge is -2.19. The maximum atomic E-state index is 12.1. The van der Waals surface area contributed by atoms with Crippen molar-refractivity contribution in [1.29, 1.82) is 0 Å². The van der Waals surface area contributed by atoms with Gasteiger partial charge in [0.15, 0.2) is 0 Å². The van der Waals surface area contributed by atoms with Crippen LogP contribution in [0.5, 0.6) is 0 Å². The number of benzene rings is 1. The highest BCUT2D eigenvalue weighted by Gasteiger charge is 2.21. The van der Waals surface area contributed by atoms with Crippen molar-refractivity contribution in [3.63, 3.8) is 0 Å². The van der Waals surface area contributed by atoms with Gasteiger partial charge < -0.3 is 4.74 Å². The van der Waals surface area contributed by atoms with Crippen molar-refractivity contribution in [2.75, 3.05) is 0 Å². The minimum Gasteiger partial charge on any atom is -0.442 e. The third kappa shape index (κ3) is 3.22. The zero-order chi connectivity index (χ0) is 14.0. The van der Waals surface area contributed by atoms with E-state index in [4.69, 9.17) is 4.74 Å². The molecule has 0 radical (unpaired) electrons. The molecule has 4 heteroatoms. The monoisotopic (exact) mass is 258 g/mol. The van der Waals surface area contributed by atoms with Crippen molar-refractivity contribution in [2.45, 2.75) is 33.3 Å². The lowest BCUT2D eigenvalue weighted by Crippen LogP contribution is -2.28. The molecule has 0 aliphatic heterocycles. The lowest BCUT2D eigenvalue weighted by molar-refractivity contribution is 0.0517. The van der Waals surface area contributed by atoms with E-state index in [0.29, 0.717) is 0 Å². The van der Waals surface area contributed by atoms with Crippen LogP contribution in [0.4, 0.5) is 4.79 Å². The Morgan fingerprint density at radius 2 is 1.84 bits per heavy atom. The quantitative estimate of drug-likeness (QED) is 0.784. The van der Waals surface area contributed by atoms with Gasteiger partial charge in [-0.1, -0.05) is 30.3 Å². The first-order valence-electron chi connectivity index (χ1n) is 6.22. The summed E-state index contributed by atoms with van der Waals surface area (Å²) in [5.41, 5.74) is 1.93. The van der Waals surface area contributed by atoms with E-state index < -0.39 is 11.7 Å². The lowest BCUT2D eigenvalue weighted by atomic mass is 10.1. The smallest absolute Gasteiger partial charge is 0.435 e. The average Bonchev–Trinajstić information content (AvgIpc) is 2.70. The van der Waals surface area contributed by atoms with Crippen molar-refractivity contribution >= 4 is 6.09 Å². The van der Waals surface area contributed by atoms with Gasteiger partial charge in [-0.25, -0.2) is 4.79 Å². The second-order valence-corrected chi connectivity index (χ2v) is 5.43. The molecule has 0 saturated heterocycles. The maximum Gasteiger partial charge on any atom is 0.435 e. The van der Waals surface area contributed by atoms with Crippen molar-refractivity contribution < 1.29 is 9.53 Å². The molecule has 2 aromatic rings. The summed E-state index contributed by atoms with van der Waals surface area (Å²) in [6.45, 7) is 7.36. The molecular weight excluding hydrogens is 240 g/mol. The number of carbonyl (C=O) groups is 1. The summed E-state index contributed by atoms with van der Waals surface area (Å²) in [5, 5.41) is 4.21. The van der Waals surface area contributed by atoms with Crippen LogP contribution in [-0.2, 0) is 4.74 Å². The molecule has 19 heavy (non-hydrogen) atoms. The van der Waals surface area contributed by atoms with E-state index in [1.54, 1.807) is 0 Å². The third-order valence-corrected chi connectivity index (χ3v) is 2.47. The molecule has 0 atom stereocenters. The van der Waals surface area contributed by atoms with Gasteiger partial charge in [-0.15, -0.1) is 0 Å². The molecule has 0 saturated carbocycles. The average molecular weight is 258 g/mol. The molecule has 0 aliphatic carbocycles. The minimum absolute atomic E-state index is 0.459. The Kier molecular flexibility index (Phi) is 3.42. The van der Waals surface area contributed by atoms with Crippen molar-refractivity contribution in [3.8, 4) is 11.3 Å². The standard InChI is InChI=1S/C15H18N2O2/c1-11-10-13(12-8-6-5-7-9-12)17(16-11)14(18)19-15(2,3)4/h5-10H,1-4H3. The van der Waals surface area contributed by atoms with Crippen LogP contribution in [-0.4, -0.2) is 21.5 Å². The molecule has 0 fully saturated rings. The summed E-state index contributed by atoms with van der Waals surface area (Å²) in [7, 11) is 0. The molecule has 1 heterocycles. The number of aryl methyl sites for hydroxylation is 1. The Balaban J connectivity index is 2.40. The zero-order valence-electron chi connectivity index (χ0n) is 11.7. The van der Waals surface area contributed by atoms with Crippen LogP contribution in [0.15, 0.2) is 36.4 Å². The van der Waals surface area contributed by atoms with E-state index in [-0.39, 0.29) is 0 Å². The van der Waals surface area contributed by atoms with E-state index in [1.165, 1.54) is 4.68 Å². The fourth-order valence-electron chi connectivity index (χ4n) is 1.76. The molecule has 4 nitrogen and oxygen atoms in total. The highest BCUT2D eigenvalue weighted by atomic mass is 16.6. The van der Waals surface area contributed by atoms with Gasteiger partial charge in [0, 0.05) is 5.56 Å². The van der Waals surface area contributed by atoms with E-state index in [2.05, 4.69) is 5.10 Å². The van der Waals surface area contributed by atoms with Crippen molar-refractivity contribution in [3.05, 3.63) is 42.1 Å².